The fraction of sp³-hybridized carbons (Fsp3) is 0.333. The van der Waals surface area contributed by atoms with Crippen LogP contribution in [0.2, 0.25) is 0 Å². The van der Waals surface area contributed by atoms with E-state index in [1.165, 1.54) is 12.1 Å². The van der Waals surface area contributed by atoms with Gasteiger partial charge in [0.2, 0.25) is 0 Å². The lowest BCUT2D eigenvalue weighted by Gasteiger charge is -2.35. The Morgan fingerprint density at radius 3 is 2.43 bits per heavy atom. The minimum Gasteiger partial charge on any atom is -0.370 e. The van der Waals surface area contributed by atoms with Gasteiger partial charge in [-0.1, -0.05) is 11.8 Å². The Morgan fingerprint density at radius 2 is 1.86 bits per heavy atom. The third kappa shape index (κ3) is 6.00. The third-order valence-corrected chi connectivity index (χ3v) is 4.89. The fourth-order valence-corrected chi connectivity index (χ4v) is 3.30. The van der Waals surface area contributed by atoms with Crippen molar-refractivity contribution < 1.29 is 13.2 Å². The Kier molecular flexibility index (Phi) is 7.94. The largest absolute Gasteiger partial charge is 0.416 e. The van der Waals surface area contributed by atoms with Crippen LogP contribution in [0.4, 0.5) is 18.3 Å². The Bertz CT molecular complexity index is 833. The number of hydrogen-bond acceptors (Lipinski definition) is 4. The number of benzene rings is 1. The summed E-state index contributed by atoms with van der Waals surface area (Å²) >= 11 is 1.61. The van der Waals surface area contributed by atoms with Gasteiger partial charge in [0.05, 0.1) is 5.56 Å². The first kappa shape index (κ1) is 22.3. The second-order valence-corrected chi connectivity index (χ2v) is 6.71. The van der Waals surface area contributed by atoms with Gasteiger partial charge in [-0.15, -0.1) is 35.3 Å². The van der Waals surface area contributed by atoms with Crippen molar-refractivity contribution in [3.8, 4) is 11.8 Å². The van der Waals surface area contributed by atoms with Crippen LogP contribution < -0.4 is 10.6 Å². The Morgan fingerprint density at radius 1 is 1.18 bits per heavy atom. The van der Waals surface area contributed by atoms with E-state index in [0.717, 1.165) is 43.4 Å². The first-order chi connectivity index (χ1) is 12.9. The molecule has 2 heterocycles. The summed E-state index contributed by atoms with van der Waals surface area (Å²) in [6.45, 7) is 3.34. The molecule has 0 atom stereocenters. The Hall–Kier alpha value is -2.00. The normalized spacial score (nSPS) is 14.9. The van der Waals surface area contributed by atoms with Crippen molar-refractivity contribution in [3.05, 3.63) is 47.0 Å². The number of thiazole rings is 1. The maximum Gasteiger partial charge on any atom is 0.416 e. The summed E-state index contributed by atoms with van der Waals surface area (Å²) < 4.78 is 37.6. The molecule has 150 valence electrons. The highest BCUT2D eigenvalue weighted by molar-refractivity contribution is 14.0. The number of piperazine rings is 1. The molecule has 1 fully saturated rings. The van der Waals surface area contributed by atoms with Crippen molar-refractivity contribution in [3.63, 3.8) is 0 Å². The molecule has 1 aromatic heterocycles. The SMILES string of the molecule is I.NC(=NCC#Cc1ccc(C(F)(F)F)cc1)N1CCN(c2nccs2)CC1. The van der Waals surface area contributed by atoms with Crippen LogP contribution in [0.1, 0.15) is 11.1 Å². The van der Waals surface area contributed by atoms with Crippen LogP contribution in [0.25, 0.3) is 0 Å². The Balaban J connectivity index is 0.00000280. The number of guanidine groups is 1. The molecule has 0 amide bonds. The van der Waals surface area contributed by atoms with Crippen molar-refractivity contribution in [1.82, 2.24) is 9.88 Å². The van der Waals surface area contributed by atoms with Crippen molar-refractivity contribution in [1.29, 1.82) is 0 Å². The van der Waals surface area contributed by atoms with Crippen molar-refractivity contribution in [2.75, 3.05) is 37.6 Å². The molecule has 0 aliphatic carbocycles. The molecular formula is C18H19F3IN5S. The minimum absolute atomic E-state index is 0. The van der Waals surface area contributed by atoms with Crippen LogP contribution in [-0.2, 0) is 6.18 Å². The molecule has 0 saturated carbocycles. The summed E-state index contributed by atoms with van der Waals surface area (Å²) in [6.07, 6.45) is -2.55. The number of aliphatic imine (C=N–C) groups is 1. The van der Waals surface area contributed by atoms with Gasteiger partial charge >= 0.3 is 6.18 Å². The van der Waals surface area contributed by atoms with Crippen LogP contribution >= 0.6 is 35.3 Å². The molecule has 0 radical (unpaired) electrons. The van der Waals surface area contributed by atoms with Gasteiger partial charge in [-0.25, -0.2) is 9.98 Å². The van der Waals surface area contributed by atoms with E-state index in [9.17, 15) is 13.2 Å². The summed E-state index contributed by atoms with van der Waals surface area (Å²) in [4.78, 5) is 12.7. The lowest BCUT2D eigenvalue weighted by atomic mass is 10.1. The quantitative estimate of drug-likeness (QED) is 0.286. The predicted molar refractivity (Wildman–Crippen MR) is 116 cm³/mol. The number of alkyl halides is 3. The van der Waals surface area contributed by atoms with Crippen LogP contribution in [0, 0.1) is 11.8 Å². The van der Waals surface area contributed by atoms with Crippen molar-refractivity contribution >= 4 is 46.4 Å². The van der Waals surface area contributed by atoms with E-state index < -0.39 is 11.7 Å². The van der Waals surface area contributed by atoms with Crippen LogP contribution in [0.3, 0.4) is 0 Å². The molecule has 1 aliphatic heterocycles. The number of nitrogens with zero attached hydrogens (tertiary/aromatic N) is 4. The van der Waals surface area contributed by atoms with Gasteiger partial charge in [0, 0.05) is 43.3 Å². The molecule has 28 heavy (non-hydrogen) atoms. The van der Waals surface area contributed by atoms with E-state index in [4.69, 9.17) is 5.73 Å². The molecule has 2 aromatic rings. The van der Waals surface area contributed by atoms with Crippen molar-refractivity contribution in [2.45, 2.75) is 6.18 Å². The number of hydrogen-bond donors (Lipinski definition) is 1. The molecule has 0 unspecified atom stereocenters. The zero-order valence-corrected chi connectivity index (χ0v) is 18.0. The highest BCUT2D eigenvalue weighted by Crippen LogP contribution is 2.28. The minimum atomic E-state index is -4.34. The average molecular weight is 521 g/mol. The van der Waals surface area contributed by atoms with E-state index in [0.29, 0.717) is 11.5 Å². The molecule has 1 saturated heterocycles. The molecule has 1 aromatic carbocycles. The van der Waals surface area contributed by atoms with E-state index in [-0.39, 0.29) is 30.5 Å². The molecule has 10 heteroatoms. The molecule has 2 N–H and O–H groups in total. The standard InChI is InChI=1S/C18H18F3N5S.HI/c19-18(20,21)15-5-3-14(4-6-15)2-1-7-23-16(22)25-9-11-26(12-10-25)17-24-8-13-27-17;/h3-6,8,13H,7,9-12H2,(H2,22,23);1H. The van der Waals surface area contributed by atoms with Crippen LogP contribution in [0.5, 0.6) is 0 Å². The van der Waals surface area contributed by atoms with E-state index in [1.54, 1.807) is 17.5 Å². The third-order valence-electron chi connectivity index (χ3n) is 4.06. The van der Waals surface area contributed by atoms with Gasteiger partial charge in [0.1, 0.15) is 6.54 Å². The van der Waals surface area contributed by atoms with E-state index in [2.05, 4.69) is 26.7 Å². The number of anilines is 1. The summed E-state index contributed by atoms with van der Waals surface area (Å²) in [5.41, 5.74) is 5.83. The van der Waals surface area contributed by atoms with E-state index >= 15 is 0 Å². The zero-order valence-electron chi connectivity index (χ0n) is 14.8. The van der Waals surface area contributed by atoms with Gasteiger partial charge in [0.15, 0.2) is 11.1 Å². The summed E-state index contributed by atoms with van der Waals surface area (Å²) in [7, 11) is 0. The second-order valence-electron chi connectivity index (χ2n) is 5.84. The summed E-state index contributed by atoms with van der Waals surface area (Å²) in [6, 6.07) is 4.73. The molecule has 5 nitrogen and oxygen atoms in total. The molecule has 0 spiro atoms. The molecule has 0 bridgehead atoms. The van der Waals surface area contributed by atoms with Gasteiger partial charge in [0.25, 0.3) is 0 Å². The van der Waals surface area contributed by atoms with E-state index in [1.807, 2.05) is 10.3 Å². The van der Waals surface area contributed by atoms with Gasteiger partial charge < -0.3 is 15.5 Å². The number of aromatic nitrogens is 1. The summed E-state index contributed by atoms with van der Waals surface area (Å²) in [5.74, 6) is 6.04. The smallest absolute Gasteiger partial charge is 0.370 e. The highest BCUT2D eigenvalue weighted by Gasteiger charge is 2.29. The molecule has 3 rings (SSSR count). The van der Waals surface area contributed by atoms with Crippen LogP contribution in [-0.4, -0.2) is 48.6 Å². The topological polar surface area (TPSA) is 57.8 Å². The van der Waals surface area contributed by atoms with Crippen LogP contribution in [0.15, 0.2) is 40.8 Å². The second kappa shape index (κ2) is 9.97. The maximum atomic E-state index is 12.5. The first-order valence-corrected chi connectivity index (χ1v) is 9.17. The zero-order chi connectivity index (χ0) is 19.3. The molecular weight excluding hydrogens is 502 g/mol. The predicted octanol–water partition coefficient (Wildman–Crippen LogP) is 3.27. The van der Waals surface area contributed by atoms with Gasteiger partial charge in [-0.05, 0) is 24.3 Å². The average Bonchev–Trinajstić information content (AvgIpc) is 3.20. The first-order valence-electron chi connectivity index (χ1n) is 8.29. The Labute approximate surface area is 182 Å². The van der Waals surface area contributed by atoms with Gasteiger partial charge in [-0.3, -0.25) is 0 Å². The van der Waals surface area contributed by atoms with Gasteiger partial charge in [-0.2, -0.15) is 13.2 Å². The number of halogens is 4. The number of nitrogens with two attached hydrogens (primary N) is 1. The highest BCUT2D eigenvalue weighted by atomic mass is 127. The fourth-order valence-electron chi connectivity index (χ4n) is 2.60. The number of rotatable bonds is 2. The summed E-state index contributed by atoms with van der Waals surface area (Å²) in [5, 5.41) is 2.96. The van der Waals surface area contributed by atoms with Crippen molar-refractivity contribution in [2.24, 2.45) is 10.7 Å². The lowest BCUT2D eigenvalue weighted by Crippen LogP contribution is -2.51. The molecule has 1 aliphatic rings. The maximum absolute atomic E-state index is 12.5. The lowest BCUT2D eigenvalue weighted by molar-refractivity contribution is -0.137. The monoisotopic (exact) mass is 521 g/mol.